The molecule has 1 fully saturated rings. The van der Waals surface area contributed by atoms with Crippen LogP contribution in [0, 0.1) is 13.8 Å². The van der Waals surface area contributed by atoms with Gasteiger partial charge in [-0.05, 0) is 50.8 Å². The predicted octanol–water partition coefficient (Wildman–Crippen LogP) is 5.06. The Morgan fingerprint density at radius 1 is 1.23 bits per heavy atom. The second-order valence-corrected chi connectivity index (χ2v) is 8.80. The van der Waals surface area contributed by atoms with E-state index < -0.39 is 0 Å². The number of rotatable bonds is 4. The van der Waals surface area contributed by atoms with Crippen molar-refractivity contribution in [2.45, 2.75) is 32.6 Å². The number of hydrogen-bond acceptors (Lipinski definition) is 6. The highest BCUT2D eigenvalue weighted by atomic mass is 35.5. The van der Waals surface area contributed by atoms with Gasteiger partial charge >= 0.3 is 6.03 Å². The van der Waals surface area contributed by atoms with Gasteiger partial charge in [-0.1, -0.05) is 22.9 Å². The van der Waals surface area contributed by atoms with Gasteiger partial charge in [0.1, 0.15) is 22.5 Å². The van der Waals surface area contributed by atoms with Crippen molar-refractivity contribution in [2.75, 3.05) is 10.6 Å². The number of hydrogen-bond donors (Lipinski definition) is 2. The minimum absolute atomic E-state index is 0.356. The molecule has 3 heterocycles. The summed E-state index contributed by atoms with van der Waals surface area (Å²) in [6.07, 6.45) is 5.39. The third-order valence-electron chi connectivity index (χ3n) is 4.96. The van der Waals surface area contributed by atoms with Gasteiger partial charge in [0.25, 0.3) is 0 Å². The van der Waals surface area contributed by atoms with Crippen LogP contribution in [0.5, 0.6) is 0 Å². The first-order chi connectivity index (χ1) is 14.5. The monoisotopic (exact) mass is 439 g/mol. The number of fused-ring (bicyclic) bond motifs is 1. The van der Waals surface area contributed by atoms with Gasteiger partial charge in [-0.3, -0.25) is 0 Å². The van der Waals surface area contributed by atoms with E-state index in [0.717, 1.165) is 39.6 Å². The number of aromatic nitrogens is 5. The van der Waals surface area contributed by atoms with Crippen LogP contribution in [-0.4, -0.2) is 30.8 Å². The lowest BCUT2D eigenvalue weighted by Gasteiger charge is -2.13. The summed E-state index contributed by atoms with van der Waals surface area (Å²) in [5, 5.41) is 11.4. The molecule has 3 aromatic heterocycles. The molecule has 8 nitrogen and oxygen atoms in total. The first-order valence-electron chi connectivity index (χ1n) is 9.50. The normalized spacial score (nSPS) is 13.6. The van der Waals surface area contributed by atoms with Crippen molar-refractivity contribution >= 4 is 50.7 Å². The maximum Gasteiger partial charge on any atom is 0.323 e. The number of pyridine rings is 1. The van der Waals surface area contributed by atoms with Crippen LogP contribution in [0.4, 0.5) is 16.2 Å². The molecule has 0 bridgehead atoms. The molecule has 0 saturated heterocycles. The summed E-state index contributed by atoms with van der Waals surface area (Å²) in [7, 11) is 0. The molecule has 10 heteroatoms. The van der Waals surface area contributed by atoms with Gasteiger partial charge < -0.3 is 10.6 Å². The average molecular weight is 440 g/mol. The average Bonchev–Trinajstić information content (AvgIpc) is 3.33. The Morgan fingerprint density at radius 3 is 2.77 bits per heavy atom. The number of anilines is 2. The van der Waals surface area contributed by atoms with Crippen LogP contribution < -0.4 is 10.6 Å². The van der Waals surface area contributed by atoms with Gasteiger partial charge in [0.05, 0.1) is 27.6 Å². The number of aryl methyl sites for hydroxylation is 2. The number of halogens is 1. The Balaban J connectivity index is 1.37. The summed E-state index contributed by atoms with van der Waals surface area (Å²) in [5.41, 5.74) is 3.95. The summed E-state index contributed by atoms with van der Waals surface area (Å²) in [5.74, 6) is 1.15. The number of nitrogens with one attached hydrogen (secondary N) is 2. The molecule has 30 heavy (non-hydrogen) atoms. The maximum atomic E-state index is 12.7. The van der Waals surface area contributed by atoms with E-state index >= 15 is 0 Å². The van der Waals surface area contributed by atoms with Gasteiger partial charge in [0.2, 0.25) is 0 Å². The molecule has 1 aliphatic rings. The minimum atomic E-state index is -0.356. The molecular weight excluding hydrogens is 422 g/mol. The second-order valence-electron chi connectivity index (χ2n) is 7.21. The minimum Gasteiger partial charge on any atom is -0.308 e. The van der Waals surface area contributed by atoms with Crippen LogP contribution in [0.15, 0.2) is 30.7 Å². The number of urea groups is 1. The third-order valence-corrected chi connectivity index (χ3v) is 6.14. The van der Waals surface area contributed by atoms with Gasteiger partial charge in [-0.15, -0.1) is 0 Å². The van der Waals surface area contributed by atoms with E-state index in [4.69, 9.17) is 11.6 Å². The smallest absolute Gasteiger partial charge is 0.308 e. The number of carbonyl (C=O) groups excluding carboxylic acids is 1. The van der Waals surface area contributed by atoms with Crippen LogP contribution in [-0.2, 0) is 0 Å². The molecule has 0 unspecified atom stereocenters. The van der Waals surface area contributed by atoms with Crippen LogP contribution >= 0.6 is 22.9 Å². The first kappa shape index (κ1) is 19.0. The van der Waals surface area contributed by atoms with Gasteiger partial charge in [0.15, 0.2) is 0 Å². The van der Waals surface area contributed by atoms with Crippen molar-refractivity contribution in [1.82, 2.24) is 24.7 Å². The van der Waals surface area contributed by atoms with Crippen molar-refractivity contribution < 1.29 is 4.79 Å². The highest BCUT2D eigenvalue weighted by Gasteiger charge is 2.30. The predicted molar refractivity (Wildman–Crippen MR) is 118 cm³/mol. The molecule has 2 N–H and O–H groups in total. The maximum absolute atomic E-state index is 12.7. The van der Waals surface area contributed by atoms with Crippen molar-refractivity contribution in [3.05, 3.63) is 52.1 Å². The van der Waals surface area contributed by atoms with Gasteiger partial charge in [0, 0.05) is 11.3 Å². The van der Waals surface area contributed by atoms with Crippen LogP contribution in [0.1, 0.15) is 35.2 Å². The summed E-state index contributed by atoms with van der Waals surface area (Å²) in [4.78, 5) is 26.8. The quantitative estimate of drug-likeness (QED) is 0.463. The van der Waals surface area contributed by atoms with E-state index in [1.165, 1.54) is 6.33 Å². The Morgan fingerprint density at radius 2 is 2.07 bits per heavy atom. The number of carbonyl (C=O) groups is 1. The highest BCUT2D eigenvalue weighted by Crippen LogP contribution is 2.46. The molecule has 0 radical (unpaired) electrons. The molecule has 152 valence electrons. The van der Waals surface area contributed by atoms with Crippen LogP contribution in [0.3, 0.4) is 0 Å². The van der Waals surface area contributed by atoms with Crippen molar-refractivity contribution in [1.29, 1.82) is 0 Å². The van der Waals surface area contributed by atoms with Gasteiger partial charge in [-0.25, -0.2) is 24.4 Å². The molecule has 5 rings (SSSR count). The van der Waals surface area contributed by atoms with Gasteiger partial charge in [-0.2, -0.15) is 5.10 Å². The van der Waals surface area contributed by atoms with E-state index in [1.54, 1.807) is 40.4 Å². The third kappa shape index (κ3) is 3.50. The van der Waals surface area contributed by atoms with E-state index in [0.29, 0.717) is 28.0 Å². The largest absolute Gasteiger partial charge is 0.323 e. The summed E-state index contributed by atoms with van der Waals surface area (Å²) >= 11 is 7.97. The Bertz CT molecular complexity index is 1280. The van der Waals surface area contributed by atoms with Crippen LogP contribution in [0.2, 0.25) is 5.02 Å². The second kappa shape index (κ2) is 7.33. The first-order valence-corrected chi connectivity index (χ1v) is 10.7. The number of benzene rings is 1. The topological polar surface area (TPSA) is 97.6 Å². The molecule has 1 saturated carbocycles. The van der Waals surface area contributed by atoms with E-state index in [-0.39, 0.29) is 6.03 Å². The van der Waals surface area contributed by atoms with Crippen LogP contribution in [0.25, 0.3) is 16.0 Å². The molecule has 0 aliphatic heterocycles. The molecule has 1 aromatic carbocycles. The number of thiazole rings is 1. The van der Waals surface area contributed by atoms with E-state index in [2.05, 4.69) is 30.7 Å². The fourth-order valence-electron chi connectivity index (χ4n) is 3.46. The van der Waals surface area contributed by atoms with E-state index in [9.17, 15) is 4.79 Å². The molecule has 0 atom stereocenters. The number of nitrogens with zero attached hydrogens (tertiary/aromatic N) is 5. The Hall–Kier alpha value is -3.04. The SMILES string of the molecule is Cc1nc2c(C3CC3)c(NC(=O)Nc3ccc(-n4ncnc4C)c(Cl)c3)cnc2s1. The highest BCUT2D eigenvalue weighted by molar-refractivity contribution is 7.18. The zero-order chi connectivity index (χ0) is 20.8. The van der Waals surface area contributed by atoms with Crippen molar-refractivity contribution in [3.63, 3.8) is 0 Å². The number of amides is 2. The fourth-order valence-corrected chi connectivity index (χ4v) is 4.50. The molecule has 1 aliphatic carbocycles. The molecule has 0 spiro atoms. The lowest BCUT2D eigenvalue weighted by atomic mass is 10.1. The van der Waals surface area contributed by atoms with Crippen molar-refractivity contribution in [3.8, 4) is 5.69 Å². The van der Waals surface area contributed by atoms with E-state index in [1.807, 2.05) is 13.8 Å². The summed E-state index contributed by atoms with van der Waals surface area (Å²) in [6.45, 7) is 3.81. The fraction of sp³-hybridized carbons (Fsp3) is 0.250. The summed E-state index contributed by atoms with van der Waals surface area (Å²) in [6, 6.07) is 4.89. The zero-order valence-electron chi connectivity index (χ0n) is 16.3. The lowest BCUT2D eigenvalue weighted by molar-refractivity contribution is 0.262. The molecule has 4 aromatic rings. The van der Waals surface area contributed by atoms with Crippen molar-refractivity contribution in [2.24, 2.45) is 0 Å². The Kier molecular flexibility index (Phi) is 4.63. The molecule has 2 amide bonds. The standard InChI is InChI=1S/C20H18ClN7OS/c1-10-23-9-24-28(10)16-6-5-13(7-14(16)21)26-20(29)27-15-8-22-19-18(25-11(2)30-19)17(15)12-3-4-12/h5-9,12H,3-4H2,1-2H3,(H2,26,27,29). The zero-order valence-corrected chi connectivity index (χ0v) is 17.9. The Labute approximate surface area is 181 Å². The summed E-state index contributed by atoms with van der Waals surface area (Å²) < 4.78 is 1.64. The lowest BCUT2D eigenvalue weighted by Crippen LogP contribution is -2.20. The molecular formula is C20H18ClN7OS.